The quantitative estimate of drug-likeness (QED) is 0.783. The van der Waals surface area contributed by atoms with Gasteiger partial charge < -0.3 is 10.2 Å². The Kier molecular flexibility index (Phi) is 5.69. The SMILES string of the molecule is CCCNCc1ccc(N(CC)c2ccc(F)cc2)nc1. The maximum absolute atomic E-state index is 13.0. The molecule has 0 saturated heterocycles. The second-order valence-electron chi connectivity index (χ2n) is 4.92. The number of anilines is 2. The molecule has 0 saturated carbocycles. The molecule has 0 atom stereocenters. The number of aromatic nitrogens is 1. The molecule has 0 bridgehead atoms. The van der Waals surface area contributed by atoms with Crippen LogP contribution < -0.4 is 10.2 Å². The standard InChI is InChI=1S/C17H22FN3/c1-3-11-19-12-14-5-10-17(20-13-14)21(4-2)16-8-6-15(18)7-9-16/h5-10,13,19H,3-4,11-12H2,1-2H3. The van der Waals surface area contributed by atoms with Crippen molar-refractivity contribution in [2.75, 3.05) is 18.0 Å². The lowest BCUT2D eigenvalue weighted by atomic mass is 10.2. The van der Waals surface area contributed by atoms with Crippen molar-refractivity contribution in [3.8, 4) is 0 Å². The minimum absolute atomic E-state index is 0.222. The van der Waals surface area contributed by atoms with Crippen molar-refractivity contribution in [2.45, 2.75) is 26.8 Å². The Balaban J connectivity index is 2.09. The molecule has 0 spiro atoms. The third-order valence-corrected chi connectivity index (χ3v) is 3.30. The van der Waals surface area contributed by atoms with Gasteiger partial charge in [0.15, 0.2) is 0 Å². The minimum atomic E-state index is -0.222. The van der Waals surface area contributed by atoms with Gasteiger partial charge >= 0.3 is 0 Å². The van der Waals surface area contributed by atoms with Crippen molar-refractivity contribution < 1.29 is 4.39 Å². The van der Waals surface area contributed by atoms with E-state index in [1.54, 1.807) is 12.1 Å². The Morgan fingerprint density at radius 3 is 2.43 bits per heavy atom. The summed E-state index contributed by atoms with van der Waals surface area (Å²) in [6.45, 7) is 6.84. The predicted octanol–water partition coefficient (Wildman–Crippen LogP) is 3.88. The van der Waals surface area contributed by atoms with Crippen LogP contribution in [0.15, 0.2) is 42.6 Å². The smallest absolute Gasteiger partial charge is 0.132 e. The van der Waals surface area contributed by atoms with Crippen LogP contribution in [0.4, 0.5) is 15.9 Å². The van der Waals surface area contributed by atoms with Crippen molar-refractivity contribution in [2.24, 2.45) is 0 Å². The van der Waals surface area contributed by atoms with Crippen LogP contribution in [0.5, 0.6) is 0 Å². The zero-order chi connectivity index (χ0) is 15.1. The first kappa shape index (κ1) is 15.4. The van der Waals surface area contributed by atoms with Gasteiger partial charge in [0.2, 0.25) is 0 Å². The van der Waals surface area contributed by atoms with Crippen LogP contribution in [-0.4, -0.2) is 18.1 Å². The summed E-state index contributed by atoms with van der Waals surface area (Å²) >= 11 is 0. The van der Waals surface area contributed by atoms with E-state index in [0.717, 1.165) is 37.6 Å². The lowest BCUT2D eigenvalue weighted by Gasteiger charge is -2.22. The Morgan fingerprint density at radius 2 is 1.86 bits per heavy atom. The Bertz CT molecular complexity index is 537. The zero-order valence-electron chi connectivity index (χ0n) is 12.6. The second kappa shape index (κ2) is 7.74. The summed E-state index contributed by atoms with van der Waals surface area (Å²) in [4.78, 5) is 6.58. The van der Waals surface area contributed by atoms with E-state index in [1.165, 1.54) is 17.7 Å². The molecule has 0 aliphatic carbocycles. The van der Waals surface area contributed by atoms with Crippen LogP contribution in [-0.2, 0) is 6.54 Å². The molecule has 0 amide bonds. The van der Waals surface area contributed by atoms with E-state index in [-0.39, 0.29) is 5.82 Å². The third-order valence-electron chi connectivity index (χ3n) is 3.30. The van der Waals surface area contributed by atoms with Crippen LogP contribution in [0.25, 0.3) is 0 Å². The van der Waals surface area contributed by atoms with Crippen molar-refractivity contribution in [3.05, 3.63) is 54.0 Å². The summed E-state index contributed by atoms with van der Waals surface area (Å²) in [6.07, 6.45) is 3.02. The summed E-state index contributed by atoms with van der Waals surface area (Å²) in [7, 11) is 0. The molecule has 3 nitrogen and oxygen atoms in total. The number of benzene rings is 1. The van der Waals surface area contributed by atoms with Gasteiger partial charge in [0.1, 0.15) is 11.6 Å². The van der Waals surface area contributed by atoms with Crippen LogP contribution in [0, 0.1) is 5.82 Å². The molecule has 1 aromatic carbocycles. The number of nitrogens with zero attached hydrogens (tertiary/aromatic N) is 2. The Hall–Kier alpha value is -1.94. The summed E-state index contributed by atoms with van der Waals surface area (Å²) in [5, 5.41) is 3.36. The van der Waals surface area contributed by atoms with E-state index >= 15 is 0 Å². The summed E-state index contributed by atoms with van der Waals surface area (Å²) in [5.41, 5.74) is 2.12. The van der Waals surface area contributed by atoms with Gasteiger partial charge in [-0.15, -0.1) is 0 Å². The van der Waals surface area contributed by atoms with E-state index in [2.05, 4.69) is 35.1 Å². The molecule has 4 heteroatoms. The van der Waals surface area contributed by atoms with Gasteiger partial charge in [0.05, 0.1) is 0 Å². The average molecular weight is 287 g/mol. The first-order valence-electron chi connectivity index (χ1n) is 7.43. The number of pyridine rings is 1. The normalized spacial score (nSPS) is 10.6. The molecule has 21 heavy (non-hydrogen) atoms. The maximum atomic E-state index is 13.0. The fourth-order valence-corrected chi connectivity index (χ4v) is 2.19. The number of hydrogen-bond donors (Lipinski definition) is 1. The maximum Gasteiger partial charge on any atom is 0.132 e. The summed E-state index contributed by atoms with van der Waals surface area (Å²) in [6, 6.07) is 10.6. The van der Waals surface area contributed by atoms with Gasteiger partial charge in [-0.3, -0.25) is 0 Å². The molecule has 0 fully saturated rings. The third kappa shape index (κ3) is 4.26. The molecule has 2 aromatic rings. The topological polar surface area (TPSA) is 28.2 Å². The zero-order valence-corrected chi connectivity index (χ0v) is 12.6. The highest BCUT2D eigenvalue weighted by Crippen LogP contribution is 2.23. The molecule has 0 aliphatic heterocycles. The van der Waals surface area contributed by atoms with Gasteiger partial charge in [-0.2, -0.15) is 0 Å². The largest absolute Gasteiger partial charge is 0.327 e. The fraction of sp³-hybridized carbons (Fsp3) is 0.353. The molecule has 1 N–H and O–H groups in total. The number of hydrogen-bond acceptors (Lipinski definition) is 3. The fourth-order valence-electron chi connectivity index (χ4n) is 2.19. The molecule has 112 valence electrons. The molecular formula is C17H22FN3. The van der Waals surface area contributed by atoms with Crippen molar-refractivity contribution in [1.29, 1.82) is 0 Å². The van der Waals surface area contributed by atoms with Crippen molar-refractivity contribution in [3.63, 3.8) is 0 Å². The lowest BCUT2D eigenvalue weighted by molar-refractivity contribution is 0.628. The number of rotatable bonds is 7. The molecule has 1 heterocycles. The highest BCUT2D eigenvalue weighted by Gasteiger charge is 2.08. The van der Waals surface area contributed by atoms with Crippen molar-refractivity contribution in [1.82, 2.24) is 10.3 Å². The summed E-state index contributed by atoms with van der Waals surface area (Å²) < 4.78 is 13.0. The predicted molar refractivity (Wildman–Crippen MR) is 85.3 cm³/mol. The molecule has 0 radical (unpaired) electrons. The number of halogens is 1. The number of nitrogens with one attached hydrogen (secondary N) is 1. The van der Waals surface area contributed by atoms with Gasteiger partial charge in [0, 0.05) is 25.0 Å². The highest BCUT2D eigenvalue weighted by molar-refractivity contribution is 5.59. The van der Waals surface area contributed by atoms with E-state index in [4.69, 9.17) is 0 Å². The highest BCUT2D eigenvalue weighted by atomic mass is 19.1. The molecule has 0 aliphatic rings. The lowest BCUT2D eigenvalue weighted by Crippen LogP contribution is -2.18. The molecule has 0 unspecified atom stereocenters. The first-order chi connectivity index (χ1) is 10.2. The summed E-state index contributed by atoms with van der Waals surface area (Å²) in [5.74, 6) is 0.656. The van der Waals surface area contributed by atoms with Gasteiger partial charge in [-0.05, 0) is 55.8 Å². The average Bonchev–Trinajstić information content (AvgIpc) is 2.52. The van der Waals surface area contributed by atoms with Gasteiger partial charge in [-0.25, -0.2) is 9.37 Å². The second-order valence-corrected chi connectivity index (χ2v) is 4.92. The monoisotopic (exact) mass is 287 g/mol. The molecule has 2 rings (SSSR count). The Morgan fingerprint density at radius 1 is 1.10 bits per heavy atom. The van der Waals surface area contributed by atoms with Gasteiger partial charge in [0.25, 0.3) is 0 Å². The Labute approximate surface area is 125 Å². The van der Waals surface area contributed by atoms with Crippen LogP contribution in [0.3, 0.4) is 0 Å². The van der Waals surface area contributed by atoms with Gasteiger partial charge in [-0.1, -0.05) is 13.0 Å². The van der Waals surface area contributed by atoms with Crippen LogP contribution >= 0.6 is 0 Å². The van der Waals surface area contributed by atoms with E-state index in [9.17, 15) is 4.39 Å². The van der Waals surface area contributed by atoms with E-state index in [0.29, 0.717) is 0 Å². The minimum Gasteiger partial charge on any atom is -0.327 e. The van der Waals surface area contributed by atoms with E-state index in [1.807, 2.05) is 12.3 Å². The van der Waals surface area contributed by atoms with E-state index < -0.39 is 0 Å². The first-order valence-corrected chi connectivity index (χ1v) is 7.43. The van der Waals surface area contributed by atoms with Crippen molar-refractivity contribution >= 4 is 11.5 Å². The molecule has 1 aromatic heterocycles. The molecular weight excluding hydrogens is 265 g/mol. The van der Waals surface area contributed by atoms with Crippen LogP contribution in [0.2, 0.25) is 0 Å². The van der Waals surface area contributed by atoms with Crippen LogP contribution in [0.1, 0.15) is 25.8 Å².